The van der Waals surface area contributed by atoms with Crippen LogP contribution in [0.25, 0.3) is 0 Å². The van der Waals surface area contributed by atoms with Crippen molar-refractivity contribution in [1.82, 2.24) is 15.2 Å². The predicted octanol–water partition coefficient (Wildman–Crippen LogP) is 3.72. The van der Waals surface area contributed by atoms with Crippen molar-refractivity contribution in [3.05, 3.63) is 57.8 Å². The number of carbonyl (C=O) groups is 1. The number of fused-ring (bicyclic) bond motifs is 1. The summed E-state index contributed by atoms with van der Waals surface area (Å²) in [6.45, 7) is 2.67. The molecule has 1 aliphatic rings. The van der Waals surface area contributed by atoms with E-state index in [4.69, 9.17) is 0 Å². The number of hydrogen-bond donors (Lipinski definition) is 1. The van der Waals surface area contributed by atoms with E-state index in [2.05, 4.69) is 20.5 Å². The summed E-state index contributed by atoms with van der Waals surface area (Å²) in [4.78, 5) is 20.1. The Labute approximate surface area is 153 Å². The third kappa shape index (κ3) is 3.28. The van der Waals surface area contributed by atoms with Crippen molar-refractivity contribution in [2.75, 3.05) is 16.8 Å². The first-order chi connectivity index (χ1) is 12.6. The molecule has 3 aromatic rings. The summed E-state index contributed by atoms with van der Waals surface area (Å²) in [5, 5.41) is 11.5. The molecule has 26 heavy (non-hydrogen) atoms. The van der Waals surface area contributed by atoms with Gasteiger partial charge in [0.15, 0.2) is 10.8 Å². The lowest BCUT2D eigenvalue weighted by Gasteiger charge is -2.25. The molecule has 1 amide bonds. The number of benzene rings is 1. The molecule has 0 radical (unpaired) electrons. The van der Waals surface area contributed by atoms with Crippen LogP contribution in [-0.4, -0.2) is 27.6 Å². The maximum Gasteiger partial charge on any atom is 0.284 e. The van der Waals surface area contributed by atoms with Crippen LogP contribution >= 0.6 is 11.3 Å². The second-order valence-corrected chi connectivity index (χ2v) is 7.10. The van der Waals surface area contributed by atoms with Gasteiger partial charge in [-0.3, -0.25) is 4.79 Å². The van der Waals surface area contributed by atoms with E-state index in [1.807, 2.05) is 24.0 Å². The molecule has 1 aliphatic heterocycles. The van der Waals surface area contributed by atoms with E-state index in [-0.39, 0.29) is 11.7 Å². The standard InChI is InChI=1S/C18H16FN5OS/c1-11-4-9-15(23-22-11)24-10-2-3-14-16(24)21-18(26-14)17(25)20-13-7-5-12(19)6-8-13/h4-9H,2-3,10H2,1H3,(H,20,25). The molecule has 2 aromatic heterocycles. The molecule has 0 spiro atoms. The maximum atomic E-state index is 13.0. The third-order valence-corrected chi connectivity index (χ3v) is 5.18. The number of thiazole rings is 1. The van der Waals surface area contributed by atoms with Crippen LogP contribution in [0.15, 0.2) is 36.4 Å². The van der Waals surface area contributed by atoms with E-state index in [1.54, 1.807) is 0 Å². The first kappa shape index (κ1) is 16.6. The zero-order valence-electron chi connectivity index (χ0n) is 14.1. The van der Waals surface area contributed by atoms with Gasteiger partial charge in [0.1, 0.15) is 11.6 Å². The monoisotopic (exact) mass is 369 g/mol. The molecule has 1 N–H and O–H groups in total. The molecular weight excluding hydrogens is 353 g/mol. The number of amides is 1. The second-order valence-electron chi connectivity index (χ2n) is 6.01. The smallest absolute Gasteiger partial charge is 0.284 e. The van der Waals surface area contributed by atoms with Gasteiger partial charge in [-0.15, -0.1) is 16.4 Å². The average molecular weight is 369 g/mol. The van der Waals surface area contributed by atoms with Gasteiger partial charge < -0.3 is 10.2 Å². The number of hydrogen-bond acceptors (Lipinski definition) is 6. The minimum absolute atomic E-state index is 0.300. The normalized spacial score (nSPS) is 13.4. The van der Waals surface area contributed by atoms with Crippen molar-refractivity contribution >= 4 is 34.6 Å². The van der Waals surface area contributed by atoms with Crippen molar-refractivity contribution in [2.24, 2.45) is 0 Å². The Morgan fingerprint density at radius 2 is 2.00 bits per heavy atom. The topological polar surface area (TPSA) is 71.0 Å². The molecule has 132 valence electrons. The Balaban J connectivity index is 1.59. The van der Waals surface area contributed by atoms with Gasteiger partial charge in [-0.05, 0) is 56.2 Å². The summed E-state index contributed by atoms with van der Waals surface area (Å²) in [7, 11) is 0. The summed E-state index contributed by atoms with van der Waals surface area (Å²) in [6.07, 6.45) is 1.84. The highest BCUT2D eigenvalue weighted by molar-refractivity contribution is 7.14. The van der Waals surface area contributed by atoms with Crippen molar-refractivity contribution in [3.8, 4) is 0 Å². The van der Waals surface area contributed by atoms with Crippen LogP contribution in [0.3, 0.4) is 0 Å². The fourth-order valence-corrected chi connectivity index (χ4v) is 3.80. The molecule has 1 aromatic carbocycles. The minimum Gasteiger partial charge on any atom is -0.320 e. The molecule has 0 saturated carbocycles. The van der Waals surface area contributed by atoms with Crippen LogP contribution < -0.4 is 10.2 Å². The molecule has 4 rings (SSSR count). The van der Waals surface area contributed by atoms with E-state index in [1.165, 1.54) is 35.6 Å². The van der Waals surface area contributed by atoms with Crippen LogP contribution in [0.2, 0.25) is 0 Å². The van der Waals surface area contributed by atoms with Gasteiger partial charge >= 0.3 is 0 Å². The largest absolute Gasteiger partial charge is 0.320 e. The highest BCUT2D eigenvalue weighted by Crippen LogP contribution is 2.35. The number of anilines is 3. The zero-order valence-corrected chi connectivity index (χ0v) is 14.9. The van der Waals surface area contributed by atoms with Crippen LogP contribution in [0.5, 0.6) is 0 Å². The average Bonchev–Trinajstić information content (AvgIpc) is 3.09. The van der Waals surface area contributed by atoms with Gasteiger partial charge in [-0.25, -0.2) is 9.37 Å². The Morgan fingerprint density at radius 1 is 1.19 bits per heavy atom. The number of nitrogens with zero attached hydrogens (tertiary/aromatic N) is 4. The summed E-state index contributed by atoms with van der Waals surface area (Å²) >= 11 is 1.38. The van der Waals surface area contributed by atoms with Crippen molar-refractivity contribution in [3.63, 3.8) is 0 Å². The Morgan fingerprint density at radius 3 is 2.73 bits per heavy atom. The number of aryl methyl sites for hydroxylation is 2. The van der Waals surface area contributed by atoms with E-state index in [0.717, 1.165) is 41.6 Å². The van der Waals surface area contributed by atoms with E-state index >= 15 is 0 Å². The lowest BCUT2D eigenvalue weighted by Crippen LogP contribution is -2.25. The third-order valence-electron chi connectivity index (χ3n) is 4.07. The van der Waals surface area contributed by atoms with Crippen LogP contribution in [0, 0.1) is 12.7 Å². The second kappa shape index (κ2) is 6.80. The summed E-state index contributed by atoms with van der Waals surface area (Å²) in [5.41, 5.74) is 1.38. The number of carbonyl (C=O) groups excluding carboxylic acids is 1. The maximum absolute atomic E-state index is 13.0. The van der Waals surface area contributed by atoms with Gasteiger partial charge in [0.2, 0.25) is 0 Å². The van der Waals surface area contributed by atoms with Gasteiger partial charge in [0, 0.05) is 17.1 Å². The number of nitrogens with one attached hydrogen (secondary N) is 1. The lowest BCUT2D eigenvalue weighted by atomic mass is 10.2. The summed E-state index contributed by atoms with van der Waals surface area (Å²) in [6, 6.07) is 9.48. The molecular formula is C18H16FN5OS. The van der Waals surface area contributed by atoms with Crippen molar-refractivity contribution < 1.29 is 9.18 Å². The Bertz CT molecular complexity index is 939. The van der Waals surface area contributed by atoms with E-state index in [9.17, 15) is 9.18 Å². The van der Waals surface area contributed by atoms with Gasteiger partial charge in [0.05, 0.1) is 5.69 Å². The summed E-state index contributed by atoms with van der Waals surface area (Å²) < 4.78 is 13.0. The molecule has 0 unspecified atom stereocenters. The van der Waals surface area contributed by atoms with Gasteiger partial charge in [-0.2, -0.15) is 5.10 Å². The fourth-order valence-electron chi connectivity index (χ4n) is 2.79. The predicted molar refractivity (Wildman–Crippen MR) is 98.6 cm³/mol. The lowest BCUT2D eigenvalue weighted by molar-refractivity contribution is 0.102. The molecule has 0 fully saturated rings. The van der Waals surface area contributed by atoms with Crippen LogP contribution in [0.4, 0.5) is 21.7 Å². The first-order valence-corrected chi connectivity index (χ1v) is 9.06. The van der Waals surface area contributed by atoms with Gasteiger partial charge in [-0.1, -0.05) is 0 Å². The molecule has 0 saturated heterocycles. The van der Waals surface area contributed by atoms with Crippen LogP contribution in [-0.2, 0) is 6.42 Å². The van der Waals surface area contributed by atoms with Crippen LogP contribution in [0.1, 0.15) is 26.8 Å². The number of aromatic nitrogens is 3. The molecule has 0 aliphatic carbocycles. The van der Waals surface area contributed by atoms with Gasteiger partial charge in [0.25, 0.3) is 5.91 Å². The number of rotatable bonds is 3. The number of halogens is 1. The Kier molecular flexibility index (Phi) is 4.34. The Hall–Kier alpha value is -2.87. The molecule has 8 heteroatoms. The quantitative estimate of drug-likeness (QED) is 0.762. The SMILES string of the molecule is Cc1ccc(N2CCCc3sc(C(=O)Nc4ccc(F)cc4)nc32)nn1. The first-order valence-electron chi connectivity index (χ1n) is 8.24. The molecule has 0 bridgehead atoms. The summed E-state index contributed by atoms with van der Waals surface area (Å²) in [5.74, 6) is 0.851. The van der Waals surface area contributed by atoms with Crippen molar-refractivity contribution in [2.45, 2.75) is 19.8 Å². The minimum atomic E-state index is -0.345. The molecule has 6 nitrogen and oxygen atoms in total. The van der Waals surface area contributed by atoms with E-state index in [0.29, 0.717) is 10.7 Å². The van der Waals surface area contributed by atoms with E-state index < -0.39 is 0 Å². The highest BCUT2D eigenvalue weighted by Gasteiger charge is 2.26. The molecule has 0 atom stereocenters. The van der Waals surface area contributed by atoms with Crippen molar-refractivity contribution in [1.29, 1.82) is 0 Å². The fraction of sp³-hybridized carbons (Fsp3) is 0.222. The zero-order chi connectivity index (χ0) is 18.1. The molecule has 3 heterocycles. The highest BCUT2D eigenvalue weighted by atomic mass is 32.1.